The maximum absolute atomic E-state index is 12.1. The Labute approximate surface area is 123 Å². The van der Waals surface area contributed by atoms with Crippen LogP contribution >= 0.6 is 0 Å². The van der Waals surface area contributed by atoms with E-state index in [0.717, 1.165) is 29.8 Å². The van der Waals surface area contributed by atoms with Crippen molar-refractivity contribution in [1.82, 2.24) is 9.88 Å². The molecule has 0 saturated heterocycles. The van der Waals surface area contributed by atoms with E-state index in [-0.39, 0.29) is 0 Å². The largest absolute Gasteiger partial charge is 0.478 e. The van der Waals surface area contributed by atoms with Crippen molar-refractivity contribution < 1.29 is 19.4 Å². The van der Waals surface area contributed by atoms with Gasteiger partial charge in [0.05, 0.1) is 18.7 Å². The molecule has 114 valence electrons. The Bertz CT molecular complexity index is 608. The van der Waals surface area contributed by atoms with Gasteiger partial charge in [-0.2, -0.15) is 0 Å². The van der Waals surface area contributed by atoms with E-state index in [1.807, 2.05) is 20.8 Å². The number of fused-ring (bicyclic) bond motifs is 1. The number of carboxylic acid groups (broad SMARTS) is 1. The summed E-state index contributed by atoms with van der Waals surface area (Å²) in [6.45, 7) is 6.13. The third-order valence-electron chi connectivity index (χ3n) is 3.77. The summed E-state index contributed by atoms with van der Waals surface area (Å²) in [4.78, 5) is 28.4. The van der Waals surface area contributed by atoms with Gasteiger partial charge in [-0.1, -0.05) is 0 Å². The maximum atomic E-state index is 12.1. The van der Waals surface area contributed by atoms with Crippen molar-refractivity contribution in [3.63, 3.8) is 0 Å². The summed E-state index contributed by atoms with van der Waals surface area (Å²) in [5.74, 6) is -0.572. The molecule has 6 heteroatoms. The highest BCUT2D eigenvalue weighted by Gasteiger charge is 2.38. The first-order valence-electron chi connectivity index (χ1n) is 7.21. The number of carboxylic acids is 1. The number of hydrogen-bond acceptors (Lipinski definition) is 3. The summed E-state index contributed by atoms with van der Waals surface area (Å²) in [5, 5.41) is 9.45. The van der Waals surface area contributed by atoms with Crippen molar-refractivity contribution >= 4 is 12.1 Å². The fraction of sp³-hybridized carbons (Fsp3) is 0.600. The quantitative estimate of drug-likeness (QED) is 0.878. The minimum atomic E-state index is -0.916. The molecule has 1 aromatic rings. The van der Waals surface area contributed by atoms with Crippen molar-refractivity contribution in [2.45, 2.75) is 58.2 Å². The van der Waals surface area contributed by atoms with Crippen LogP contribution in [0, 0.1) is 0 Å². The number of nitrogens with one attached hydrogen (secondary N) is 1. The number of hydrogen-bond donors (Lipinski definition) is 2. The molecule has 2 N–H and O–H groups in total. The van der Waals surface area contributed by atoms with E-state index in [9.17, 15) is 14.7 Å². The van der Waals surface area contributed by atoms with Crippen molar-refractivity contribution in [2.24, 2.45) is 0 Å². The SMILES string of the molecule is CC(C)(C)OC(=O)N1Cc2[nH]c(C3CC3)c(C(=O)O)c2C1. The molecule has 0 bridgehead atoms. The molecule has 0 aromatic carbocycles. The fourth-order valence-electron chi connectivity index (χ4n) is 2.74. The van der Waals surface area contributed by atoms with Crippen LogP contribution in [0.1, 0.15) is 66.8 Å². The first-order chi connectivity index (χ1) is 9.76. The molecule has 0 radical (unpaired) electrons. The van der Waals surface area contributed by atoms with E-state index in [0.29, 0.717) is 24.6 Å². The van der Waals surface area contributed by atoms with Gasteiger partial charge in [-0.05, 0) is 39.5 Å². The molecule has 0 spiro atoms. The third kappa shape index (κ3) is 2.62. The summed E-state index contributed by atoms with van der Waals surface area (Å²) in [6.07, 6.45) is 1.67. The normalized spacial score (nSPS) is 17.8. The van der Waals surface area contributed by atoms with Gasteiger partial charge in [0.25, 0.3) is 0 Å². The van der Waals surface area contributed by atoms with Crippen molar-refractivity contribution in [3.05, 3.63) is 22.5 Å². The van der Waals surface area contributed by atoms with Gasteiger partial charge in [0.15, 0.2) is 0 Å². The van der Waals surface area contributed by atoms with Crippen LogP contribution in [-0.4, -0.2) is 32.7 Å². The van der Waals surface area contributed by atoms with Gasteiger partial charge >= 0.3 is 12.1 Å². The second-order valence-corrected chi connectivity index (χ2v) is 6.79. The zero-order valence-corrected chi connectivity index (χ0v) is 12.5. The van der Waals surface area contributed by atoms with Gasteiger partial charge < -0.3 is 14.8 Å². The number of amides is 1. The second-order valence-electron chi connectivity index (χ2n) is 6.79. The van der Waals surface area contributed by atoms with Gasteiger partial charge in [-0.25, -0.2) is 9.59 Å². The molecule has 0 unspecified atom stereocenters. The number of aromatic nitrogens is 1. The molecular formula is C15H20N2O4. The zero-order chi connectivity index (χ0) is 15.4. The monoisotopic (exact) mass is 292 g/mol. The maximum Gasteiger partial charge on any atom is 0.410 e. The first-order valence-corrected chi connectivity index (χ1v) is 7.21. The van der Waals surface area contributed by atoms with Crippen molar-refractivity contribution in [2.75, 3.05) is 0 Å². The number of carbonyl (C=O) groups excluding carboxylic acids is 1. The molecule has 1 aromatic heterocycles. The molecule has 1 amide bonds. The minimum Gasteiger partial charge on any atom is -0.478 e. The molecule has 1 aliphatic heterocycles. The van der Waals surface area contributed by atoms with E-state index in [4.69, 9.17) is 4.74 Å². The Hall–Kier alpha value is -1.98. The summed E-state index contributed by atoms with van der Waals surface area (Å²) >= 11 is 0. The summed E-state index contributed by atoms with van der Waals surface area (Å²) in [7, 11) is 0. The molecular weight excluding hydrogens is 272 g/mol. The molecule has 2 heterocycles. The number of rotatable bonds is 2. The second kappa shape index (κ2) is 4.51. The molecule has 21 heavy (non-hydrogen) atoms. The Kier molecular flexibility index (Phi) is 3.00. The van der Waals surface area contributed by atoms with Crippen LogP contribution in [0.2, 0.25) is 0 Å². The zero-order valence-electron chi connectivity index (χ0n) is 12.5. The Balaban J connectivity index is 1.82. The number of carbonyl (C=O) groups is 2. The fourth-order valence-corrected chi connectivity index (χ4v) is 2.74. The smallest absolute Gasteiger partial charge is 0.410 e. The third-order valence-corrected chi connectivity index (χ3v) is 3.77. The predicted molar refractivity (Wildman–Crippen MR) is 75.2 cm³/mol. The topological polar surface area (TPSA) is 82.6 Å². The van der Waals surface area contributed by atoms with Gasteiger partial charge in [0.2, 0.25) is 0 Å². The number of H-pyrrole nitrogens is 1. The van der Waals surface area contributed by atoms with E-state index < -0.39 is 17.7 Å². The lowest BCUT2D eigenvalue weighted by Gasteiger charge is -2.24. The van der Waals surface area contributed by atoms with Gasteiger partial charge in [-0.3, -0.25) is 4.90 Å². The number of aromatic amines is 1. The van der Waals surface area contributed by atoms with Crippen molar-refractivity contribution in [3.8, 4) is 0 Å². The van der Waals surface area contributed by atoms with Crippen LogP contribution in [0.5, 0.6) is 0 Å². The molecule has 1 saturated carbocycles. The summed E-state index contributed by atoms with van der Waals surface area (Å²) < 4.78 is 5.34. The molecule has 0 atom stereocenters. The van der Waals surface area contributed by atoms with Crippen LogP contribution in [0.3, 0.4) is 0 Å². The average Bonchev–Trinajstić information content (AvgIpc) is 2.97. The van der Waals surface area contributed by atoms with Gasteiger partial charge in [-0.15, -0.1) is 0 Å². The summed E-state index contributed by atoms with van der Waals surface area (Å²) in [5.41, 5.74) is 2.20. The van der Waals surface area contributed by atoms with Crippen LogP contribution < -0.4 is 0 Å². The number of nitrogens with zero attached hydrogens (tertiary/aromatic N) is 1. The van der Waals surface area contributed by atoms with E-state index >= 15 is 0 Å². The van der Waals surface area contributed by atoms with Crippen LogP contribution in [0.4, 0.5) is 4.79 Å². The van der Waals surface area contributed by atoms with Crippen LogP contribution in [0.15, 0.2) is 0 Å². The molecule has 1 fully saturated rings. The van der Waals surface area contributed by atoms with Crippen molar-refractivity contribution in [1.29, 1.82) is 0 Å². The standard InChI is InChI=1S/C15H20N2O4/c1-15(2,3)21-14(20)17-6-9-10(7-17)16-12(8-4-5-8)11(9)13(18)19/h8,16H,4-7H2,1-3H3,(H,18,19). The van der Waals surface area contributed by atoms with Crippen LogP contribution in [-0.2, 0) is 17.8 Å². The molecule has 3 rings (SSSR count). The van der Waals surface area contributed by atoms with E-state index in [1.165, 1.54) is 4.90 Å². The summed E-state index contributed by atoms with van der Waals surface area (Å²) in [6, 6.07) is 0. The predicted octanol–water partition coefficient (Wildman–Crippen LogP) is 2.84. The highest BCUT2D eigenvalue weighted by molar-refractivity contribution is 5.92. The lowest BCUT2D eigenvalue weighted by molar-refractivity contribution is 0.0238. The lowest BCUT2D eigenvalue weighted by Crippen LogP contribution is -2.33. The number of aromatic carboxylic acids is 1. The van der Waals surface area contributed by atoms with E-state index in [1.54, 1.807) is 0 Å². The Morgan fingerprint density at radius 2 is 1.95 bits per heavy atom. The lowest BCUT2D eigenvalue weighted by atomic mass is 10.1. The van der Waals surface area contributed by atoms with Crippen LogP contribution in [0.25, 0.3) is 0 Å². The van der Waals surface area contributed by atoms with Gasteiger partial charge in [0, 0.05) is 17.0 Å². The number of ether oxygens (including phenoxy) is 1. The first kappa shape index (κ1) is 14.0. The molecule has 1 aliphatic carbocycles. The Morgan fingerprint density at radius 3 is 2.48 bits per heavy atom. The Morgan fingerprint density at radius 1 is 1.29 bits per heavy atom. The average molecular weight is 292 g/mol. The highest BCUT2D eigenvalue weighted by atomic mass is 16.6. The highest BCUT2D eigenvalue weighted by Crippen LogP contribution is 2.44. The molecule has 6 nitrogen and oxygen atoms in total. The van der Waals surface area contributed by atoms with Gasteiger partial charge in [0.1, 0.15) is 5.60 Å². The minimum absolute atomic E-state index is 0.301. The molecule has 2 aliphatic rings. The van der Waals surface area contributed by atoms with E-state index in [2.05, 4.69) is 4.98 Å².